The number of hydrogen-bond acceptors (Lipinski definition) is 7. The number of nitrogens with one attached hydrogen (secondary N) is 2. The number of benzene rings is 1. The van der Waals surface area contributed by atoms with E-state index >= 15 is 4.39 Å². The Morgan fingerprint density at radius 3 is 2.56 bits per heavy atom. The average Bonchev–Trinajstić information content (AvgIpc) is 2.84. The van der Waals surface area contributed by atoms with Crippen molar-refractivity contribution in [2.24, 2.45) is 22.6 Å². The molecule has 36 heavy (non-hydrogen) atoms. The molecule has 4 rings (SSSR count). The summed E-state index contributed by atoms with van der Waals surface area (Å²) in [6.07, 6.45) is -0.606. The predicted molar refractivity (Wildman–Crippen MR) is 124 cm³/mol. The monoisotopic (exact) mass is 513 g/mol. The minimum atomic E-state index is -4.77. The van der Waals surface area contributed by atoms with E-state index in [1.54, 1.807) is 4.90 Å². The highest BCUT2D eigenvalue weighted by Crippen LogP contribution is 2.32. The van der Waals surface area contributed by atoms with Gasteiger partial charge in [0.2, 0.25) is 11.7 Å². The first-order valence-corrected chi connectivity index (χ1v) is 12.1. The molecule has 1 aromatic rings. The fourth-order valence-electron chi connectivity index (χ4n) is 5.00. The van der Waals surface area contributed by atoms with Gasteiger partial charge in [0.05, 0.1) is 19.3 Å². The largest absolute Gasteiger partial charge is 0.573 e. The number of hydrogen-bond donors (Lipinski definition) is 3. The minimum absolute atomic E-state index is 0.185. The maximum atomic E-state index is 15.5. The molecule has 1 unspecified atom stereocenters. The Kier molecular flexibility index (Phi) is 8.22. The first-order chi connectivity index (χ1) is 17.2. The quantitative estimate of drug-likeness (QED) is 0.484. The van der Waals surface area contributed by atoms with Crippen LogP contribution in [0.3, 0.4) is 0 Å². The van der Waals surface area contributed by atoms with Gasteiger partial charge >= 0.3 is 6.36 Å². The van der Waals surface area contributed by atoms with E-state index in [1.807, 2.05) is 0 Å². The molecular formula is C24H31F4N5O3. The van der Waals surface area contributed by atoms with E-state index in [1.165, 1.54) is 24.3 Å². The fourth-order valence-corrected chi connectivity index (χ4v) is 5.00. The molecule has 1 amide bonds. The minimum Gasteiger partial charge on any atom is -0.406 e. The lowest BCUT2D eigenvalue weighted by molar-refractivity contribution is -0.274. The van der Waals surface area contributed by atoms with E-state index in [0.717, 1.165) is 25.7 Å². The maximum absolute atomic E-state index is 15.5. The van der Waals surface area contributed by atoms with Crippen molar-refractivity contribution in [3.8, 4) is 5.75 Å². The molecule has 1 atom stereocenters. The van der Waals surface area contributed by atoms with E-state index in [2.05, 4.69) is 20.4 Å². The second-order valence-electron chi connectivity index (χ2n) is 9.34. The summed E-state index contributed by atoms with van der Waals surface area (Å²) in [5.74, 6) is 0.0565. The van der Waals surface area contributed by atoms with Gasteiger partial charge in [-0.1, -0.05) is 12.1 Å². The van der Waals surface area contributed by atoms with Crippen LogP contribution >= 0.6 is 0 Å². The van der Waals surface area contributed by atoms with E-state index < -0.39 is 18.2 Å². The number of rotatable bonds is 7. The number of primary amides is 1. The number of amidine groups is 1. The molecule has 2 heterocycles. The van der Waals surface area contributed by atoms with Crippen molar-refractivity contribution in [2.75, 3.05) is 33.0 Å². The molecular weight excluding hydrogens is 482 g/mol. The normalized spacial score (nSPS) is 25.2. The van der Waals surface area contributed by atoms with Gasteiger partial charge in [-0.3, -0.25) is 4.79 Å². The topological polar surface area (TPSA) is 101 Å². The number of morpholine rings is 1. The Morgan fingerprint density at radius 1 is 1.19 bits per heavy atom. The fraction of sp³-hybridized carbons (Fsp3) is 0.583. The molecule has 0 spiro atoms. The van der Waals surface area contributed by atoms with Crippen LogP contribution < -0.4 is 21.1 Å². The van der Waals surface area contributed by atoms with Crippen LogP contribution in [0.4, 0.5) is 17.6 Å². The molecule has 0 radical (unpaired) electrons. The molecule has 2 fully saturated rings. The first kappa shape index (κ1) is 26.1. The Morgan fingerprint density at radius 2 is 1.89 bits per heavy atom. The van der Waals surface area contributed by atoms with Crippen molar-refractivity contribution in [3.63, 3.8) is 0 Å². The van der Waals surface area contributed by atoms with Crippen LogP contribution in [-0.4, -0.2) is 56.0 Å². The van der Waals surface area contributed by atoms with Gasteiger partial charge in [0.25, 0.3) is 0 Å². The van der Waals surface area contributed by atoms with E-state index in [-0.39, 0.29) is 36.6 Å². The Bertz CT molecular complexity index is 975. The third-order valence-corrected chi connectivity index (χ3v) is 6.82. The summed E-state index contributed by atoms with van der Waals surface area (Å²) >= 11 is 0. The third-order valence-electron chi connectivity index (χ3n) is 6.82. The molecule has 198 valence electrons. The van der Waals surface area contributed by atoms with E-state index in [0.29, 0.717) is 43.5 Å². The van der Waals surface area contributed by atoms with Crippen LogP contribution in [0.5, 0.6) is 5.75 Å². The molecule has 3 aliphatic rings. The Hall–Kier alpha value is -3.02. The number of halogens is 4. The van der Waals surface area contributed by atoms with Crippen molar-refractivity contribution in [2.45, 2.75) is 44.5 Å². The van der Waals surface area contributed by atoms with Crippen molar-refractivity contribution in [3.05, 3.63) is 41.5 Å². The van der Waals surface area contributed by atoms with Gasteiger partial charge in [-0.15, -0.1) is 13.2 Å². The lowest BCUT2D eigenvalue weighted by Crippen LogP contribution is -2.47. The van der Waals surface area contributed by atoms with Gasteiger partial charge in [-0.2, -0.15) is 4.39 Å². The number of nitrogens with two attached hydrogens (primary N) is 1. The van der Waals surface area contributed by atoms with Crippen LogP contribution in [0.2, 0.25) is 0 Å². The predicted octanol–water partition coefficient (Wildman–Crippen LogP) is 3.33. The smallest absolute Gasteiger partial charge is 0.406 e. The highest BCUT2D eigenvalue weighted by molar-refractivity contribution is 5.97. The average molecular weight is 514 g/mol. The standard InChI is InChI=1S/C24H31F4N5O3/c25-21-22(30-12-16-3-1-15(2-4-16)11-20(29)34)31-14-32-23(21)33-9-10-35-13-19(33)17-5-7-18(8-6-17)36-24(26,27)28/h5-8,15-16,19,30-31H,1-4,9-14H2,(H2,29,34). The summed E-state index contributed by atoms with van der Waals surface area (Å²) in [5, 5.41) is 6.15. The molecule has 2 aliphatic heterocycles. The summed E-state index contributed by atoms with van der Waals surface area (Å²) in [7, 11) is 0. The molecule has 12 heteroatoms. The lowest BCUT2D eigenvalue weighted by atomic mass is 9.80. The summed E-state index contributed by atoms with van der Waals surface area (Å²) in [4.78, 5) is 17.3. The number of amides is 1. The number of ether oxygens (including phenoxy) is 2. The van der Waals surface area contributed by atoms with Gasteiger partial charge in [0.1, 0.15) is 18.2 Å². The number of nitrogens with zero attached hydrogens (tertiary/aromatic N) is 2. The molecule has 1 aliphatic carbocycles. The molecule has 0 bridgehead atoms. The van der Waals surface area contributed by atoms with Crippen LogP contribution in [0.25, 0.3) is 0 Å². The molecule has 1 saturated heterocycles. The SMILES string of the molecule is NC(=O)CC1CCC(CNC2=C(F)C(N3CCOCC3c3ccc(OC(F)(F)F)cc3)=NCN2)CC1. The highest BCUT2D eigenvalue weighted by Gasteiger charge is 2.34. The summed E-state index contributed by atoms with van der Waals surface area (Å²) < 4.78 is 62.5. The van der Waals surface area contributed by atoms with Crippen LogP contribution in [0.1, 0.15) is 43.7 Å². The second-order valence-corrected chi connectivity index (χ2v) is 9.34. The maximum Gasteiger partial charge on any atom is 0.573 e. The molecule has 4 N–H and O–H groups in total. The zero-order chi connectivity index (χ0) is 25.7. The van der Waals surface area contributed by atoms with Gasteiger partial charge in [-0.25, -0.2) is 4.99 Å². The third kappa shape index (κ3) is 6.80. The molecule has 1 saturated carbocycles. The van der Waals surface area contributed by atoms with Gasteiger partial charge in [0.15, 0.2) is 5.84 Å². The number of carbonyl (C=O) groups is 1. The molecule has 0 aromatic heterocycles. The second kappa shape index (κ2) is 11.4. The first-order valence-electron chi connectivity index (χ1n) is 12.1. The van der Waals surface area contributed by atoms with Crippen LogP contribution in [-0.2, 0) is 9.53 Å². The Labute approximate surface area is 206 Å². The highest BCUT2D eigenvalue weighted by atomic mass is 19.4. The molecule has 1 aromatic carbocycles. The zero-order valence-electron chi connectivity index (χ0n) is 19.8. The van der Waals surface area contributed by atoms with Crippen molar-refractivity contribution in [1.29, 1.82) is 0 Å². The van der Waals surface area contributed by atoms with Crippen molar-refractivity contribution >= 4 is 11.7 Å². The lowest BCUT2D eigenvalue weighted by Gasteiger charge is -2.39. The van der Waals surface area contributed by atoms with Gasteiger partial charge in [-0.05, 0) is 55.2 Å². The Balaban J connectivity index is 1.40. The summed E-state index contributed by atoms with van der Waals surface area (Å²) in [6, 6.07) is 5.09. The zero-order valence-corrected chi connectivity index (χ0v) is 19.8. The summed E-state index contributed by atoms with van der Waals surface area (Å²) in [5.41, 5.74) is 5.97. The van der Waals surface area contributed by atoms with Gasteiger partial charge in [0, 0.05) is 19.5 Å². The molecule has 8 nitrogen and oxygen atoms in total. The number of carbonyl (C=O) groups excluding carboxylic acids is 1. The number of aliphatic imine (C=N–C) groups is 1. The van der Waals surface area contributed by atoms with Crippen LogP contribution in [0.15, 0.2) is 40.9 Å². The van der Waals surface area contributed by atoms with Crippen molar-refractivity contribution < 1.29 is 31.8 Å². The summed E-state index contributed by atoms with van der Waals surface area (Å²) in [6.45, 7) is 1.80. The van der Waals surface area contributed by atoms with E-state index in [4.69, 9.17) is 10.5 Å². The van der Waals surface area contributed by atoms with Crippen LogP contribution in [0, 0.1) is 11.8 Å². The van der Waals surface area contributed by atoms with Gasteiger partial charge < -0.3 is 30.7 Å². The number of alkyl halides is 3. The van der Waals surface area contributed by atoms with Crippen molar-refractivity contribution in [1.82, 2.24) is 15.5 Å². The van der Waals surface area contributed by atoms with E-state index in [9.17, 15) is 18.0 Å².